The van der Waals surface area contributed by atoms with Gasteiger partial charge in [-0.15, -0.1) is 0 Å². The number of ether oxygens (including phenoxy) is 1. The third-order valence-corrected chi connectivity index (χ3v) is 2.38. The smallest absolute Gasteiger partial charge is 0.129 e. The van der Waals surface area contributed by atoms with Crippen molar-refractivity contribution in [1.29, 1.82) is 0 Å². The first-order valence-electron chi connectivity index (χ1n) is 4.77. The van der Waals surface area contributed by atoms with Crippen LogP contribution in [0.25, 0.3) is 0 Å². The maximum absolute atomic E-state index is 13.3. The third-order valence-electron chi connectivity index (χ3n) is 2.14. The predicted molar refractivity (Wildman–Crippen MR) is 57.5 cm³/mol. The molecular weight excluding hydrogens is 219 g/mol. The first-order valence-corrected chi connectivity index (χ1v) is 5.15. The predicted octanol–water partition coefficient (Wildman–Crippen LogP) is 2.94. The Kier molecular flexibility index (Phi) is 5.02. The van der Waals surface area contributed by atoms with Crippen molar-refractivity contribution >= 4 is 11.6 Å². The summed E-state index contributed by atoms with van der Waals surface area (Å²) in [7, 11) is 1.59. The second-order valence-corrected chi connectivity index (χ2v) is 3.75. The summed E-state index contributed by atoms with van der Waals surface area (Å²) < 4.78 is 18.1. The minimum absolute atomic E-state index is 0.249. The summed E-state index contributed by atoms with van der Waals surface area (Å²) in [5.74, 6) is -0.427. The Hall–Kier alpha value is -0.640. The standard InChI is InChI=1S/C11H14ClFO2/c1-15-6-2-3-11(14)9-7-8(12)4-5-10(9)13/h4-5,7,11,14H,2-3,6H2,1H3. The third kappa shape index (κ3) is 3.78. The van der Waals surface area contributed by atoms with Crippen LogP contribution in [0.4, 0.5) is 4.39 Å². The number of hydrogen-bond acceptors (Lipinski definition) is 2. The molecule has 1 unspecified atom stereocenters. The van der Waals surface area contributed by atoms with Crippen molar-refractivity contribution in [2.75, 3.05) is 13.7 Å². The van der Waals surface area contributed by atoms with Gasteiger partial charge >= 0.3 is 0 Å². The molecule has 0 radical (unpaired) electrons. The van der Waals surface area contributed by atoms with Crippen LogP contribution in [-0.4, -0.2) is 18.8 Å². The molecule has 1 atom stereocenters. The molecule has 4 heteroatoms. The Balaban J connectivity index is 2.64. The van der Waals surface area contributed by atoms with Crippen molar-refractivity contribution < 1.29 is 14.2 Å². The molecule has 0 saturated heterocycles. The lowest BCUT2D eigenvalue weighted by molar-refractivity contribution is 0.133. The fourth-order valence-corrected chi connectivity index (χ4v) is 1.53. The average Bonchev–Trinajstić information content (AvgIpc) is 2.22. The van der Waals surface area contributed by atoms with Crippen molar-refractivity contribution in [3.63, 3.8) is 0 Å². The lowest BCUT2D eigenvalue weighted by Crippen LogP contribution is -2.02. The van der Waals surface area contributed by atoms with Gasteiger partial charge in [0.15, 0.2) is 0 Å². The lowest BCUT2D eigenvalue weighted by atomic mass is 10.0. The number of methoxy groups -OCH3 is 1. The van der Waals surface area contributed by atoms with Gasteiger partial charge in [-0.25, -0.2) is 4.39 Å². The molecule has 84 valence electrons. The van der Waals surface area contributed by atoms with E-state index in [1.165, 1.54) is 18.2 Å². The van der Waals surface area contributed by atoms with Gasteiger partial charge in [0.2, 0.25) is 0 Å². The summed E-state index contributed by atoms with van der Waals surface area (Å²) in [6.07, 6.45) is 0.327. The van der Waals surface area contributed by atoms with Crippen molar-refractivity contribution in [2.24, 2.45) is 0 Å². The average molecular weight is 233 g/mol. The molecule has 0 amide bonds. The topological polar surface area (TPSA) is 29.5 Å². The van der Waals surface area contributed by atoms with Gasteiger partial charge in [-0.1, -0.05) is 11.6 Å². The zero-order valence-corrected chi connectivity index (χ0v) is 9.30. The number of aliphatic hydroxyl groups excluding tert-OH is 1. The molecule has 0 fully saturated rings. The van der Waals surface area contributed by atoms with E-state index in [1.54, 1.807) is 7.11 Å². The lowest BCUT2D eigenvalue weighted by Gasteiger charge is -2.11. The number of aliphatic hydroxyl groups is 1. The molecule has 1 aromatic rings. The Labute approximate surface area is 93.6 Å². The van der Waals surface area contributed by atoms with E-state index >= 15 is 0 Å². The minimum atomic E-state index is -0.821. The molecule has 2 nitrogen and oxygen atoms in total. The van der Waals surface area contributed by atoms with Gasteiger partial charge in [0.1, 0.15) is 5.82 Å². The van der Waals surface area contributed by atoms with E-state index in [1.807, 2.05) is 0 Å². The van der Waals surface area contributed by atoms with Gasteiger partial charge in [0.25, 0.3) is 0 Å². The molecule has 0 spiro atoms. The van der Waals surface area contributed by atoms with E-state index in [2.05, 4.69) is 0 Å². The summed E-state index contributed by atoms with van der Waals surface area (Å²) in [6.45, 7) is 0.555. The molecule has 1 N–H and O–H groups in total. The fourth-order valence-electron chi connectivity index (χ4n) is 1.35. The summed E-state index contributed by atoms with van der Waals surface area (Å²) in [5, 5.41) is 10.1. The SMILES string of the molecule is COCCCC(O)c1cc(Cl)ccc1F. The van der Waals surface area contributed by atoms with Gasteiger partial charge < -0.3 is 9.84 Å². The van der Waals surface area contributed by atoms with Gasteiger partial charge in [-0.2, -0.15) is 0 Å². The summed E-state index contributed by atoms with van der Waals surface area (Å²) in [5.41, 5.74) is 0.249. The maximum atomic E-state index is 13.3. The van der Waals surface area contributed by atoms with Crippen LogP contribution in [0.5, 0.6) is 0 Å². The van der Waals surface area contributed by atoms with Crippen LogP contribution in [0.15, 0.2) is 18.2 Å². The molecule has 1 rings (SSSR count). The van der Waals surface area contributed by atoms with E-state index < -0.39 is 11.9 Å². The number of hydrogen-bond donors (Lipinski definition) is 1. The highest BCUT2D eigenvalue weighted by Crippen LogP contribution is 2.24. The van der Waals surface area contributed by atoms with Gasteiger partial charge in [0.05, 0.1) is 6.10 Å². The first kappa shape index (κ1) is 12.4. The van der Waals surface area contributed by atoms with Crippen LogP contribution in [0.3, 0.4) is 0 Å². The molecule has 0 aliphatic heterocycles. The molecule has 0 aliphatic rings. The van der Waals surface area contributed by atoms with Crippen LogP contribution < -0.4 is 0 Å². The van der Waals surface area contributed by atoms with Crippen molar-refractivity contribution in [1.82, 2.24) is 0 Å². The van der Waals surface area contributed by atoms with Crippen LogP contribution >= 0.6 is 11.6 Å². The largest absolute Gasteiger partial charge is 0.388 e. The second-order valence-electron chi connectivity index (χ2n) is 3.32. The van der Waals surface area contributed by atoms with Gasteiger partial charge in [-0.05, 0) is 31.0 Å². The Morgan fingerprint density at radius 1 is 1.53 bits per heavy atom. The molecule has 0 aromatic heterocycles. The van der Waals surface area contributed by atoms with E-state index in [9.17, 15) is 9.50 Å². The van der Waals surface area contributed by atoms with Crippen molar-refractivity contribution in [2.45, 2.75) is 18.9 Å². The van der Waals surface area contributed by atoms with E-state index in [-0.39, 0.29) is 5.56 Å². The fraction of sp³-hybridized carbons (Fsp3) is 0.455. The van der Waals surface area contributed by atoms with Crippen LogP contribution in [0.1, 0.15) is 24.5 Å². The molecule has 0 bridgehead atoms. The second kappa shape index (κ2) is 6.05. The zero-order valence-electron chi connectivity index (χ0n) is 8.54. The normalized spacial score (nSPS) is 12.8. The zero-order chi connectivity index (χ0) is 11.3. The molecular formula is C11H14ClFO2. The quantitative estimate of drug-likeness (QED) is 0.791. The summed E-state index contributed by atoms with van der Waals surface area (Å²) in [6, 6.07) is 4.17. The molecule has 0 saturated carbocycles. The van der Waals surface area contributed by atoms with E-state index in [0.29, 0.717) is 24.5 Å². The van der Waals surface area contributed by atoms with Crippen LogP contribution in [-0.2, 0) is 4.74 Å². The van der Waals surface area contributed by atoms with Crippen molar-refractivity contribution in [3.8, 4) is 0 Å². The Bertz CT molecular complexity index is 317. The highest BCUT2D eigenvalue weighted by molar-refractivity contribution is 6.30. The Morgan fingerprint density at radius 3 is 2.93 bits per heavy atom. The maximum Gasteiger partial charge on any atom is 0.129 e. The highest BCUT2D eigenvalue weighted by atomic mass is 35.5. The van der Waals surface area contributed by atoms with E-state index in [4.69, 9.17) is 16.3 Å². The molecule has 0 aliphatic carbocycles. The van der Waals surface area contributed by atoms with Crippen LogP contribution in [0, 0.1) is 5.82 Å². The number of rotatable bonds is 5. The molecule has 0 heterocycles. The number of benzene rings is 1. The summed E-state index contributed by atoms with van der Waals surface area (Å²) in [4.78, 5) is 0. The minimum Gasteiger partial charge on any atom is -0.388 e. The van der Waals surface area contributed by atoms with Gasteiger partial charge in [0, 0.05) is 24.3 Å². The summed E-state index contributed by atoms with van der Waals surface area (Å²) >= 11 is 5.72. The van der Waals surface area contributed by atoms with E-state index in [0.717, 1.165) is 0 Å². The van der Waals surface area contributed by atoms with Crippen molar-refractivity contribution in [3.05, 3.63) is 34.6 Å². The number of halogens is 2. The van der Waals surface area contributed by atoms with Crippen LogP contribution in [0.2, 0.25) is 5.02 Å². The molecule has 15 heavy (non-hydrogen) atoms. The van der Waals surface area contributed by atoms with Gasteiger partial charge in [-0.3, -0.25) is 0 Å². The first-order chi connectivity index (χ1) is 7.15. The Morgan fingerprint density at radius 2 is 2.27 bits per heavy atom. The molecule has 1 aromatic carbocycles. The monoisotopic (exact) mass is 232 g/mol. The highest BCUT2D eigenvalue weighted by Gasteiger charge is 2.12.